The molecule has 2 aromatic rings. The molecular weight excluding hydrogens is 416 g/mol. The highest BCUT2D eigenvalue weighted by atomic mass is 32.2. The quantitative estimate of drug-likeness (QED) is 0.643. The van der Waals surface area contributed by atoms with Crippen LogP contribution in [-0.2, 0) is 9.59 Å². The van der Waals surface area contributed by atoms with Crippen molar-refractivity contribution < 1.29 is 23.9 Å². The maximum atomic E-state index is 12.7. The van der Waals surface area contributed by atoms with Crippen molar-refractivity contribution in [3.63, 3.8) is 0 Å². The van der Waals surface area contributed by atoms with Gasteiger partial charge in [0.05, 0.1) is 18.6 Å². The van der Waals surface area contributed by atoms with Gasteiger partial charge in [-0.25, -0.2) is 0 Å². The van der Waals surface area contributed by atoms with Crippen LogP contribution in [0.25, 0.3) is 6.08 Å². The SMILES string of the molecule is CCOc1ccc(/C=C2/SC(=O)N(CC(=O)Nc3cccc(C)c3C)C2=O)cc1OC. The topological polar surface area (TPSA) is 84.9 Å². The summed E-state index contributed by atoms with van der Waals surface area (Å²) in [6.07, 6.45) is 1.60. The summed E-state index contributed by atoms with van der Waals surface area (Å²) in [4.78, 5) is 38.7. The zero-order valence-corrected chi connectivity index (χ0v) is 18.7. The molecule has 1 aliphatic rings. The monoisotopic (exact) mass is 440 g/mol. The number of ether oxygens (including phenoxy) is 2. The van der Waals surface area contributed by atoms with Gasteiger partial charge in [0.15, 0.2) is 11.5 Å². The number of aryl methyl sites for hydroxylation is 1. The molecule has 1 aliphatic heterocycles. The van der Waals surface area contributed by atoms with Crippen LogP contribution in [0.3, 0.4) is 0 Å². The van der Waals surface area contributed by atoms with Gasteiger partial charge < -0.3 is 14.8 Å². The number of carbonyl (C=O) groups is 3. The molecule has 0 bridgehead atoms. The third kappa shape index (κ3) is 5.08. The molecule has 0 aliphatic carbocycles. The summed E-state index contributed by atoms with van der Waals surface area (Å²) in [6.45, 7) is 5.88. The highest BCUT2D eigenvalue weighted by Gasteiger charge is 2.36. The minimum atomic E-state index is -0.501. The number of rotatable bonds is 7. The van der Waals surface area contributed by atoms with Crippen molar-refractivity contribution in [2.75, 3.05) is 25.6 Å². The molecule has 2 aromatic carbocycles. The van der Waals surface area contributed by atoms with Crippen LogP contribution in [0.5, 0.6) is 11.5 Å². The fourth-order valence-corrected chi connectivity index (χ4v) is 3.89. The van der Waals surface area contributed by atoms with E-state index >= 15 is 0 Å². The summed E-state index contributed by atoms with van der Waals surface area (Å²) >= 11 is 0.805. The number of methoxy groups -OCH3 is 1. The minimum Gasteiger partial charge on any atom is -0.493 e. The van der Waals surface area contributed by atoms with Gasteiger partial charge in [0.1, 0.15) is 6.54 Å². The highest BCUT2D eigenvalue weighted by molar-refractivity contribution is 8.18. The van der Waals surface area contributed by atoms with Crippen molar-refractivity contribution in [2.24, 2.45) is 0 Å². The Bertz CT molecular complexity index is 1060. The van der Waals surface area contributed by atoms with E-state index in [1.54, 1.807) is 30.3 Å². The molecule has 3 amide bonds. The molecule has 8 heteroatoms. The summed E-state index contributed by atoms with van der Waals surface area (Å²) in [5, 5.41) is 2.29. The van der Waals surface area contributed by atoms with Crippen molar-refractivity contribution in [3.05, 3.63) is 58.0 Å². The lowest BCUT2D eigenvalue weighted by Gasteiger charge is -2.14. The molecule has 0 unspecified atom stereocenters. The maximum absolute atomic E-state index is 12.7. The Balaban J connectivity index is 1.73. The number of amides is 3. The molecule has 1 heterocycles. The molecule has 162 valence electrons. The lowest BCUT2D eigenvalue weighted by Crippen LogP contribution is -2.36. The second-order valence-electron chi connectivity index (χ2n) is 6.91. The van der Waals surface area contributed by atoms with Crippen LogP contribution >= 0.6 is 11.8 Å². The number of nitrogens with one attached hydrogen (secondary N) is 1. The van der Waals surface area contributed by atoms with Crippen molar-refractivity contribution in [2.45, 2.75) is 20.8 Å². The zero-order chi connectivity index (χ0) is 22.5. The average Bonchev–Trinajstić information content (AvgIpc) is 3.00. The number of hydrogen-bond acceptors (Lipinski definition) is 6. The van der Waals surface area contributed by atoms with Gasteiger partial charge in [-0.05, 0) is 73.5 Å². The number of anilines is 1. The van der Waals surface area contributed by atoms with E-state index in [1.807, 2.05) is 32.9 Å². The summed E-state index contributed by atoms with van der Waals surface area (Å²) < 4.78 is 10.8. The molecule has 0 spiro atoms. The van der Waals surface area contributed by atoms with Gasteiger partial charge in [0.25, 0.3) is 11.1 Å². The second kappa shape index (κ2) is 9.70. The molecule has 0 atom stereocenters. The summed E-state index contributed by atoms with van der Waals surface area (Å²) in [5.74, 6) is 0.194. The molecule has 7 nitrogen and oxygen atoms in total. The van der Waals surface area contributed by atoms with Crippen LogP contribution in [0.1, 0.15) is 23.6 Å². The number of benzene rings is 2. The number of thioether (sulfide) groups is 1. The van der Waals surface area contributed by atoms with Crippen molar-refractivity contribution in [1.82, 2.24) is 4.90 Å². The Hall–Kier alpha value is -3.26. The average molecular weight is 441 g/mol. The summed E-state index contributed by atoms with van der Waals surface area (Å²) in [6, 6.07) is 10.8. The molecule has 0 saturated carbocycles. The first-order valence-electron chi connectivity index (χ1n) is 9.76. The third-order valence-electron chi connectivity index (χ3n) is 4.84. The van der Waals surface area contributed by atoms with Gasteiger partial charge >= 0.3 is 0 Å². The van der Waals surface area contributed by atoms with E-state index in [4.69, 9.17) is 9.47 Å². The lowest BCUT2D eigenvalue weighted by molar-refractivity contribution is -0.127. The summed E-state index contributed by atoms with van der Waals surface area (Å²) in [5.41, 5.74) is 3.33. The van der Waals surface area contributed by atoms with Crippen LogP contribution in [0, 0.1) is 13.8 Å². The highest BCUT2D eigenvalue weighted by Crippen LogP contribution is 2.34. The van der Waals surface area contributed by atoms with E-state index in [2.05, 4.69) is 5.32 Å². The smallest absolute Gasteiger partial charge is 0.294 e. The van der Waals surface area contributed by atoms with E-state index in [-0.39, 0.29) is 11.4 Å². The first-order chi connectivity index (χ1) is 14.8. The Kier molecular flexibility index (Phi) is 7.02. The zero-order valence-electron chi connectivity index (χ0n) is 17.9. The van der Waals surface area contributed by atoms with Gasteiger partial charge in [-0.2, -0.15) is 0 Å². The molecule has 1 fully saturated rings. The van der Waals surface area contributed by atoms with Gasteiger partial charge in [-0.3, -0.25) is 19.3 Å². The van der Waals surface area contributed by atoms with E-state index in [9.17, 15) is 14.4 Å². The number of hydrogen-bond donors (Lipinski definition) is 1. The second-order valence-corrected chi connectivity index (χ2v) is 7.90. The van der Waals surface area contributed by atoms with E-state index in [0.29, 0.717) is 29.4 Å². The van der Waals surface area contributed by atoms with Gasteiger partial charge in [-0.1, -0.05) is 18.2 Å². The third-order valence-corrected chi connectivity index (χ3v) is 5.75. The van der Waals surface area contributed by atoms with Crippen LogP contribution in [0.15, 0.2) is 41.3 Å². The largest absolute Gasteiger partial charge is 0.493 e. The maximum Gasteiger partial charge on any atom is 0.294 e. The molecule has 1 saturated heterocycles. The molecule has 0 radical (unpaired) electrons. The predicted octanol–water partition coefficient (Wildman–Crippen LogP) is 4.39. The van der Waals surface area contributed by atoms with Crippen molar-refractivity contribution >= 4 is 40.6 Å². The van der Waals surface area contributed by atoms with E-state index in [0.717, 1.165) is 27.8 Å². The first kappa shape index (κ1) is 22.4. The van der Waals surface area contributed by atoms with E-state index < -0.39 is 17.1 Å². The first-order valence-corrected chi connectivity index (χ1v) is 10.6. The van der Waals surface area contributed by atoms with Crippen LogP contribution in [0.2, 0.25) is 0 Å². The Labute approximate surface area is 185 Å². The Morgan fingerprint density at radius 2 is 1.94 bits per heavy atom. The molecule has 3 rings (SSSR count). The lowest BCUT2D eigenvalue weighted by atomic mass is 10.1. The van der Waals surface area contributed by atoms with Gasteiger partial charge in [-0.15, -0.1) is 0 Å². The van der Waals surface area contributed by atoms with Gasteiger partial charge in [0.2, 0.25) is 5.91 Å². The fourth-order valence-electron chi connectivity index (χ4n) is 3.06. The summed E-state index contributed by atoms with van der Waals surface area (Å²) in [7, 11) is 1.53. The molecular formula is C23H24N2O5S. The normalized spacial score (nSPS) is 14.8. The van der Waals surface area contributed by atoms with Crippen molar-refractivity contribution in [3.8, 4) is 11.5 Å². The van der Waals surface area contributed by atoms with Crippen LogP contribution in [-0.4, -0.2) is 42.2 Å². The fraction of sp³-hybridized carbons (Fsp3) is 0.261. The van der Waals surface area contributed by atoms with Crippen LogP contribution in [0.4, 0.5) is 10.5 Å². The molecule has 1 N–H and O–H groups in total. The minimum absolute atomic E-state index is 0.246. The number of imide groups is 1. The number of nitrogens with zero attached hydrogens (tertiary/aromatic N) is 1. The van der Waals surface area contributed by atoms with Crippen molar-refractivity contribution in [1.29, 1.82) is 0 Å². The molecule has 0 aromatic heterocycles. The van der Waals surface area contributed by atoms with E-state index in [1.165, 1.54) is 7.11 Å². The standard InChI is InChI=1S/C23H24N2O5S/c1-5-30-18-10-9-16(11-19(18)29-4)12-20-22(27)25(23(28)31-20)13-21(26)24-17-8-6-7-14(2)15(17)3/h6-12H,5,13H2,1-4H3,(H,24,26)/b20-12+. The Morgan fingerprint density at radius 1 is 1.16 bits per heavy atom. The van der Waals surface area contributed by atoms with Crippen LogP contribution < -0.4 is 14.8 Å². The molecule has 31 heavy (non-hydrogen) atoms. The van der Waals surface area contributed by atoms with Gasteiger partial charge in [0, 0.05) is 5.69 Å². The predicted molar refractivity (Wildman–Crippen MR) is 121 cm³/mol. The number of carbonyl (C=O) groups excluding carboxylic acids is 3. The Morgan fingerprint density at radius 3 is 2.65 bits per heavy atom.